The Morgan fingerprint density at radius 2 is 1.84 bits per heavy atom. The van der Waals surface area contributed by atoms with Crippen molar-refractivity contribution < 1.29 is 29.0 Å². The lowest BCUT2D eigenvalue weighted by Gasteiger charge is -2.31. The molecular formula is C27H29N5O6. The number of carbonyl (C=O) groups excluding carboxylic acids is 4. The zero-order valence-corrected chi connectivity index (χ0v) is 21.0. The van der Waals surface area contributed by atoms with Gasteiger partial charge < -0.3 is 20.1 Å². The molecule has 4 amide bonds. The number of piperidine rings is 2. The van der Waals surface area contributed by atoms with Gasteiger partial charge in [0.25, 0.3) is 0 Å². The van der Waals surface area contributed by atoms with E-state index in [0.717, 1.165) is 10.9 Å². The van der Waals surface area contributed by atoms with Gasteiger partial charge in [0.2, 0.25) is 11.8 Å². The molecule has 2 aromatic carbocycles. The lowest BCUT2D eigenvalue weighted by Crippen LogP contribution is -2.46. The summed E-state index contributed by atoms with van der Waals surface area (Å²) < 4.78 is 8.02. The van der Waals surface area contributed by atoms with Gasteiger partial charge in [-0.2, -0.15) is 5.10 Å². The van der Waals surface area contributed by atoms with E-state index in [1.807, 2.05) is 18.2 Å². The highest BCUT2D eigenvalue weighted by Crippen LogP contribution is 2.35. The van der Waals surface area contributed by atoms with Gasteiger partial charge in [-0.1, -0.05) is 24.3 Å². The fourth-order valence-corrected chi connectivity index (χ4v) is 5.01. The van der Waals surface area contributed by atoms with E-state index in [1.54, 1.807) is 36.0 Å². The maximum atomic E-state index is 12.7. The molecule has 3 heterocycles. The summed E-state index contributed by atoms with van der Waals surface area (Å²) in [6, 6.07) is 12.2. The number of rotatable bonds is 5. The minimum absolute atomic E-state index is 0.0970. The number of fused-ring (bicyclic) bond motifs is 1. The van der Waals surface area contributed by atoms with Gasteiger partial charge in [0, 0.05) is 50.5 Å². The molecule has 1 atom stereocenters. The normalized spacial score (nSPS) is 18.4. The lowest BCUT2D eigenvalue weighted by molar-refractivity contribution is -0.144. The first-order valence-corrected chi connectivity index (χ1v) is 12.6. The maximum Gasteiger partial charge on any atom is 0.313 e. The molecule has 2 fully saturated rings. The van der Waals surface area contributed by atoms with Gasteiger partial charge >= 0.3 is 11.8 Å². The van der Waals surface area contributed by atoms with Gasteiger partial charge in [0.1, 0.15) is 17.4 Å². The Balaban J connectivity index is 1.22. The van der Waals surface area contributed by atoms with Gasteiger partial charge in [-0.05, 0) is 30.2 Å². The largest absolute Gasteiger partial charge is 0.488 e. The van der Waals surface area contributed by atoms with Crippen LogP contribution in [-0.2, 0) is 32.8 Å². The molecule has 0 saturated carbocycles. The lowest BCUT2D eigenvalue weighted by atomic mass is 9.93. The Kier molecular flexibility index (Phi) is 7.10. The fourth-order valence-electron chi connectivity index (χ4n) is 5.01. The number of aliphatic hydroxyl groups excluding tert-OH is 1. The molecule has 0 aliphatic carbocycles. The van der Waals surface area contributed by atoms with Gasteiger partial charge in [-0.3, -0.25) is 29.2 Å². The van der Waals surface area contributed by atoms with Crippen LogP contribution in [0.15, 0.2) is 42.5 Å². The van der Waals surface area contributed by atoms with E-state index in [2.05, 4.69) is 15.7 Å². The van der Waals surface area contributed by atoms with Crippen molar-refractivity contribution in [1.29, 1.82) is 0 Å². The van der Waals surface area contributed by atoms with E-state index in [4.69, 9.17) is 9.84 Å². The Morgan fingerprint density at radius 1 is 1.11 bits per heavy atom. The molecule has 0 spiro atoms. The summed E-state index contributed by atoms with van der Waals surface area (Å²) in [5.41, 5.74) is 2.58. The quantitative estimate of drug-likeness (QED) is 0.343. The van der Waals surface area contributed by atoms with Crippen LogP contribution in [-0.4, -0.2) is 62.6 Å². The number of carbonyl (C=O) groups is 4. The van der Waals surface area contributed by atoms with Crippen LogP contribution in [0.1, 0.15) is 42.9 Å². The van der Waals surface area contributed by atoms with Crippen LogP contribution in [0.5, 0.6) is 5.75 Å². The second-order valence-electron chi connectivity index (χ2n) is 9.58. The molecule has 198 valence electrons. The van der Waals surface area contributed by atoms with Crippen LogP contribution in [0, 0.1) is 0 Å². The molecule has 2 saturated heterocycles. The molecular weight excluding hydrogens is 490 g/mol. The van der Waals surface area contributed by atoms with Crippen molar-refractivity contribution in [3.8, 4) is 5.75 Å². The number of likely N-dealkylation sites (tertiary alicyclic amines) is 1. The van der Waals surface area contributed by atoms with Crippen molar-refractivity contribution in [2.75, 3.05) is 18.4 Å². The third-order valence-electron chi connectivity index (χ3n) is 7.04. The number of imide groups is 1. The minimum atomic E-state index is -0.707. The molecule has 1 aromatic heterocycles. The van der Waals surface area contributed by atoms with Crippen molar-refractivity contribution in [3.63, 3.8) is 0 Å². The molecule has 2 aliphatic heterocycles. The average Bonchev–Trinajstić information content (AvgIpc) is 3.26. The summed E-state index contributed by atoms with van der Waals surface area (Å²) in [6.07, 6.45) is 1.63. The zero-order chi connectivity index (χ0) is 26.8. The Morgan fingerprint density at radius 3 is 2.53 bits per heavy atom. The number of ether oxygens (including phenoxy) is 1. The molecule has 11 heteroatoms. The highest BCUT2D eigenvalue weighted by atomic mass is 16.5. The number of aromatic nitrogens is 2. The van der Waals surface area contributed by atoms with E-state index >= 15 is 0 Å². The summed E-state index contributed by atoms with van der Waals surface area (Å²) in [5.74, 6) is -1.78. The van der Waals surface area contributed by atoms with Gasteiger partial charge in [-0.25, -0.2) is 0 Å². The zero-order valence-electron chi connectivity index (χ0n) is 21.0. The molecule has 11 nitrogen and oxygen atoms in total. The Labute approximate surface area is 218 Å². The fraction of sp³-hybridized carbons (Fsp3) is 0.370. The maximum absolute atomic E-state index is 12.7. The molecule has 1 unspecified atom stereocenters. The number of benzene rings is 2. The first-order valence-electron chi connectivity index (χ1n) is 12.6. The molecule has 5 rings (SSSR count). The van der Waals surface area contributed by atoms with Crippen LogP contribution < -0.4 is 15.4 Å². The number of aliphatic hydroxyl groups is 1. The number of anilines is 1. The molecule has 3 N–H and O–H groups in total. The van der Waals surface area contributed by atoms with Crippen molar-refractivity contribution in [3.05, 3.63) is 53.7 Å². The standard InChI is InChI=1S/C27H29N5O6/c1-31-24-19(23(30-31)20-9-10-22(34)29-25(20)35)3-2-4-21(24)38-18-11-13-32(14-12-18)27(37)26(36)28-17-7-5-16(15-33)6-8-17/h2-8,18,20,33H,9-15H2,1H3,(H,28,36)(H,29,34,35). The highest BCUT2D eigenvalue weighted by Gasteiger charge is 2.33. The highest BCUT2D eigenvalue weighted by molar-refractivity contribution is 6.39. The number of aryl methyl sites for hydroxylation is 1. The van der Waals surface area contributed by atoms with Crippen LogP contribution >= 0.6 is 0 Å². The Bertz CT molecular complexity index is 1390. The Hall–Kier alpha value is -4.25. The van der Waals surface area contributed by atoms with Crippen LogP contribution in [0.25, 0.3) is 10.9 Å². The molecule has 38 heavy (non-hydrogen) atoms. The number of amides is 4. The predicted molar refractivity (Wildman–Crippen MR) is 137 cm³/mol. The van der Waals surface area contributed by atoms with E-state index in [1.165, 1.54) is 4.90 Å². The van der Waals surface area contributed by atoms with E-state index in [9.17, 15) is 19.2 Å². The van der Waals surface area contributed by atoms with Crippen molar-refractivity contribution in [2.24, 2.45) is 7.05 Å². The number of para-hydroxylation sites is 1. The first-order chi connectivity index (χ1) is 18.3. The number of hydrogen-bond acceptors (Lipinski definition) is 7. The predicted octanol–water partition coefficient (Wildman–Crippen LogP) is 1.59. The topological polar surface area (TPSA) is 143 Å². The van der Waals surface area contributed by atoms with Gasteiger partial charge in [0.05, 0.1) is 18.2 Å². The van der Waals surface area contributed by atoms with Crippen LogP contribution in [0.3, 0.4) is 0 Å². The third kappa shape index (κ3) is 5.10. The summed E-state index contributed by atoms with van der Waals surface area (Å²) in [5, 5.41) is 19.5. The van der Waals surface area contributed by atoms with Gasteiger partial charge in [-0.15, -0.1) is 0 Å². The molecule has 0 bridgehead atoms. The third-order valence-corrected chi connectivity index (χ3v) is 7.04. The summed E-state index contributed by atoms with van der Waals surface area (Å²) >= 11 is 0. The molecule has 3 aromatic rings. The molecule has 2 aliphatic rings. The number of nitrogens with one attached hydrogen (secondary N) is 2. The van der Waals surface area contributed by atoms with E-state index in [-0.39, 0.29) is 30.9 Å². The van der Waals surface area contributed by atoms with Crippen molar-refractivity contribution in [1.82, 2.24) is 20.0 Å². The minimum Gasteiger partial charge on any atom is -0.488 e. The first kappa shape index (κ1) is 25.4. The second-order valence-corrected chi connectivity index (χ2v) is 9.58. The molecule has 0 radical (unpaired) electrons. The van der Waals surface area contributed by atoms with Crippen molar-refractivity contribution in [2.45, 2.75) is 44.3 Å². The summed E-state index contributed by atoms with van der Waals surface area (Å²) in [7, 11) is 1.79. The monoisotopic (exact) mass is 519 g/mol. The summed E-state index contributed by atoms with van der Waals surface area (Å²) in [4.78, 5) is 50.7. The van der Waals surface area contributed by atoms with Gasteiger partial charge in [0.15, 0.2) is 0 Å². The van der Waals surface area contributed by atoms with Crippen LogP contribution in [0.4, 0.5) is 5.69 Å². The van der Waals surface area contributed by atoms with E-state index < -0.39 is 17.7 Å². The number of hydrogen-bond donors (Lipinski definition) is 3. The number of nitrogens with zero attached hydrogens (tertiary/aromatic N) is 3. The van der Waals surface area contributed by atoms with E-state index in [0.29, 0.717) is 55.0 Å². The SMILES string of the molecule is Cn1nc(C2CCC(=O)NC2=O)c2cccc(OC3CCN(C(=O)C(=O)Nc4ccc(CO)cc4)CC3)c21. The smallest absolute Gasteiger partial charge is 0.313 e. The second kappa shape index (κ2) is 10.6. The average molecular weight is 520 g/mol. The summed E-state index contributed by atoms with van der Waals surface area (Å²) in [6.45, 7) is 0.660. The van der Waals surface area contributed by atoms with Crippen molar-refractivity contribution >= 4 is 40.2 Å². The van der Waals surface area contributed by atoms with Crippen LogP contribution in [0.2, 0.25) is 0 Å².